The molecule has 224 valence electrons. The second-order valence-electron chi connectivity index (χ2n) is 9.96. The molecule has 0 saturated carbocycles. The summed E-state index contributed by atoms with van der Waals surface area (Å²) in [5, 5.41) is 11.9. The normalized spacial score (nSPS) is 11.0. The van der Waals surface area contributed by atoms with E-state index in [0.717, 1.165) is 26.1 Å². The average Bonchev–Trinajstić information content (AvgIpc) is 3.46. The number of fused-ring (bicyclic) bond motifs is 1. The van der Waals surface area contributed by atoms with Crippen molar-refractivity contribution in [2.45, 2.75) is 26.4 Å². The molecular weight excluding hydrogens is 646 g/mol. The molecule has 0 aliphatic heterocycles. The van der Waals surface area contributed by atoms with Gasteiger partial charge in [-0.15, -0.1) is 11.3 Å². The zero-order chi connectivity index (χ0) is 31.5. The molecule has 0 bridgehead atoms. The van der Waals surface area contributed by atoms with Gasteiger partial charge in [0.2, 0.25) is 0 Å². The van der Waals surface area contributed by atoms with Crippen molar-refractivity contribution < 1.29 is 19.4 Å². The zero-order valence-corrected chi connectivity index (χ0v) is 26.3. The summed E-state index contributed by atoms with van der Waals surface area (Å²) in [6.07, 6.45) is -0.512. The maximum Gasteiger partial charge on any atom is 0.409 e. The molecule has 0 radical (unpaired) electrons. The predicted octanol–water partition coefficient (Wildman–Crippen LogP) is 6.39. The third kappa shape index (κ3) is 6.15. The molecule has 2 N–H and O–H groups in total. The highest BCUT2D eigenvalue weighted by Crippen LogP contribution is 2.32. The van der Waals surface area contributed by atoms with E-state index < -0.39 is 23.9 Å². The second-order valence-corrected chi connectivity index (χ2v) is 11.9. The highest BCUT2D eigenvalue weighted by molar-refractivity contribution is 9.10. The van der Waals surface area contributed by atoms with Crippen molar-refractivity contribution in [3.8, 4) is 16.9 Å². The Morgan fingerprint density at radius 2 is 1.75 bits per heavy atom. The first-order chi connectivity index (χ1) is 21.1. The highest BCUT2D eigenvalue weighted by Gasteiger charge is 2.20. The number of carbonyl (C=O) groups excluding carboxylic acids is 1. The van der Waals surface area contributed by atoms with Gasteiger partial charge in [-0.25, -0.2) is 9.59 Å². The Balaban J connectivity index is 1.54. The number of carboxylic acid groups (broad SMARTS) is 1. The van der Waals surface area contributed by atoms with Crippen molar-refractivity contribution in [3.05, 3.63) is 126 Å². The van der Waals surface area contributed by atoms with Gasteiger partial charge >= 0.3 is 11.8 Å². The van der Waals surface area contributed by atoms with Crippen LogP contribution in [-0.2, 0) is 19.5 Å². The Morgan fingerprint density at radius 3 is 2.41 bits per heavy atom. The SMILES string of the molecule is C=C(NC(=O)O)c1ccccc1-c1ccc(Cn2c(=O)n(CC(=O)c3ccc(OC)cc3)c(=O)c3cc(CC)sc32)c(Br)c1. The van der Waals surface area contributed by atoms with E-state index in [1.165, 1.54) is 23.0 Å². The number of aryl methyl sites for hydroxylation is 1. The number of benzene rings is 3. The molecule has 0 aliphatic rings. The van der Waals surface area contributed by atoms with Gasteiger partial charge in [-0.2, -0.15) is 0 Å². The minimum atomic E-state index is -1.20. The molecular formula is C33H28BrN3O6S. The molecule has 0 unspecified atom stereocenters. The van der Waals surface area contributed by atoms with Gasteiger partial charge in [0.05, 0.1) is 25.6 Å². The molecule has 11 heteroatoms. The smallest absolute Gasteiger partial charge is 0.409 e. The van der Waals surface area contributed by atoms with Crippen LogP contribution in [0.3, 0.4) is 0 Å². The molecule has 1 amide bonds. The lowest BCUT2D eigenvalue weighted by atomic mass is 9.97. The van der Waals surface area contributed by atoms with Crippen LogP contribution in [0.1, 0.15) is 33.3 Å². The third-order valence-corrected chi connectivity index (χ3v) is 9.25. The number of ketones is 1. The average molecular weight is 675 g/mol. The van der Waals surface area contributed by atoms with Crippen molar-refractivity contribution in [3.63, 3.8) is 0 Å². The molecule has 0 saturated heterocycles. The van der Waals surface area contributed by atoms with E-state index in [-0.39, 0.29) is 18.0 Å². The number of halogens is 1. The number of hydrogen-bond acceptors (Lipinski definition) is 6. The Hall–Kier alpha value is -4.74. The molecule has 2 heterocycles. The summed E-state index contributed by atoms with van der Waals surface area (Å²) in [5.41, 5.74) is 2.52. The number of hydrogen-bond donors (Lipinski definition) is 2. The van der Waals surface area contributed by atoms with Crippen molar-refractivity contribution in [1.29, 1.82) is 0 Å². The summed E-state index contributed by atoms with van der Waals surface area (Å²) in [7, 11) is 1.53. The van der Waals surface area contributed by atoms with Crippen LogP contribution in [0.2, 0.25) is 0 Å². The van der Waals surface area contributed by atoms with E-state index in [4.69, 9.17) is 9.84 Å². The minimum Gasteiger partial charge on any atom is -0.497 e. The van der Waals surface area contributed by atoms with Crippen molar-refractivity contribution in [2.24, 2.45) is 0 Å². The number of rotatable bonds is 10. The monoisotopic (exact) mass is 673 g/mol. The van der Waals surface area contributed by atoms with Crippen molar-refractivity contribution in [2.75, 3.05) is 7.11 Å². The molecule has 3 aromatic carbocycles. The Bertz CT molecular complexity index is 2040. The molecule has 0 aliphatic carbocycles. The van der Waals surface area contributed by atoms with Crippen LogP contribution in [0.4, 0.5) is 4.79 Å². The molecule has 2 aromatic heterocycles. The first kappa shape index (κ1) is 30.7. The summed E-state index contributed by atoms with van der Waals surface area (Å²) in [6, 6.07) is 21.2. The Morgan fingerprint density at radius 1 is 1.02 bits per heavy atom. The fourth-order valence-corrected chi connectivity index (χ4v) is 6.51. The van der Waals surface area contributed by atoms with Gasteiger partial charge in [0.1, 0.15) is 10.6 Å². The van der Waals surface area contributed by atoms with Crippen LogP contribution < -0.4 is 21.3 Å². The van der Waals surface area contributed by atoms with E-state index in [9.17, 15) is 19.2 Å². The van der Waals surface area contributed by atoms with Crippen LogP contribution in [0.5, 0.6) is 5.75 Å². The number of amides is 1. The number of aromatic nitrogens is 2. The number of carbonyl (C=O) groups is 2. The second kappa shape index (κ2) is 12.9. The molecule has 5 aromatic rings. The number of thiophene rings is 1. The summed E-state index contributed by atoms with van der Waals surface area (Å²) >= 11 is 5.04. The number of nitrogens with one attached hydrogen (secondary N) is 1. The van der Waals surface area contributed by atoms with Gasteiger partial charge in [0.15, 0.2) is 5.78 Å². The molecule has 9 nitrogen and oxygen atoms in total. The molecule has 5 rings (SSSR count). The topological polar surface area (TPSA) is 120 Å². The van der Waals surface area contributed by atoms with E-state index >= 15 is 0 Å². The maximum absolute atomic E-state index is 13.9. The fourth-order valence-electron chi connectivity index (χ4n) is 4.92. The van der Waals surface area contributed by atoms with E-state index in [2.05, 4.69) is 27.8 Å². The van der Waals surface area contributed by atoms with Crippen LogP contribution in [0, 0.1) is 0 Å². The van der Waals surface area contributed by atoms with Gasteiger partial charge in [-0.3, -0.25) is 24.0 Å². The number of methoxy groups -OCH3 is 1. The highest BCUT2D eigenvalue weighted by atomic mass is 79.9. The van der Waals surface area contributed by atoms with Crippen molar-refractivity contribution in [1.82, 2.24) is 14.5 Å². The van der Waals surface area contributed by atoms with Crippen molar-refractivity contribution >= 4 is 55.1 Å². The number of nitrogens with zero attached hydrogens (tertiary/aromatic N) is 2. The van der Waals surface area contributed by atoms with Crippen LogP contribution >= 0.6 is 27.3 Å². The third-order valence-electron chi connectivity index (χ3n) is 7.21. The first-order valence-electron chi connectivity index (χ1n) is 13.6. The quantitative estimate of drug-likeness (QED) is 0.166. The van der Waals surface area contributed by atoms with Crippen LogP contribution in [0.25, 0.3) is 27.0 Å². The first-order valence-corrected chi connectivity index (χ1v) is 15.2. The van der Waals surface area contributed by atoms with Gasteiger partial charge in [0, 0.05) is 26.2 Å². The maximum atomic E-state index is 13.9. The van der Waals surface area contributed by atoms with E-state index in [0.29, 0.717) is 38.0 Å². The van der Waals surface area contributed by atoms with E-state index in [1.807, 2.05) is 37.3 Å². The Kier molecular flexibility index (Phi) is 8.98. The molecule has 0 spiro atoms. The fraction of sp³-hybridized carbons (Fsp3) is 0.152. The lowest BCUT2D eigenvalue weighted by Gasteiger charge is -2.15. The summed E-state index contributed by atoms with van der Waals surface area (Å²) in [5.74, 6) is 0.224. The van der Waals surface area contributed by atoms with Gasteiger partial charge in [-0.05, 0) is 59.5 Å². The summed E-state index contributed by atoms with van der Waals surface area (Å²) in [6.45, 7) is 5.58. The molecule has 0 fully saturated rings. The van der Waals surface area contributed by atoms with Crippen LogP contribution in [0.15, 0.2) is 93.4 Å². The number of Topliss-reactive ketones (excluding diaryl/α,β-unsaturated/α-hetero) is 1. The zero-order valence-electron chi connectivity index (χ0n) is 23.9. The lowest BCUT2D eigenvalue weighted by Crippen LogP contribution is -2.41. The Labute approximate surface area is 264 Å². The largest absolute Gasteiger partial charge is 0.497 e. The minimum absolute atomic E-state index is 0.145. The summed E-state index contributed by atoms with van der Waals surface area (Å²) < 4.78 is 8.41. The van der Waals surface area contributed by atoms with Gasteiger partial charge < -0.3 is 9.84 Å². The van der Waals surface area contributed by atoms with Gasteiger partial charge in [-0.1, -0.05) is 65.8 Å². The van der Waals surface area contributed by atoms with E-state index in [1.54, 1.807) is 42.5 Å². The van der Waals surface area contributed by atoms with Gasteiger partial charge in [0.25, 0.3) is 5.56 Å². The summed E-state index contributed by atoms with van der Waals surface area (Å²) in [4.78, 5) is 53.2. The standard InChI is InChI=1S/C33H28BrN3O6S/c1-4-24-16-27-30(39)36(18-29(38)20-11-13-23(43-3)14-12-20)33(42)37(31(27)44-24)17-22-10-9-21(15-28(22)34)26-8-6-5-7-25(26)19(2)35-32(40)41/h5-16,35H,2,4,17-18H2,1,3H3,(H,40,41). The lowest BCUT2D eigenvalue weighted by molar-refractivity contribution is 0.0968. The number of ether oxygens (including phenoxy) is 1. The molecule has 0 atom stereocenters. The predicted molar refractivity (Wildman–Crippen MR) is 176 cm³/mol. The molecule has 44 heavy (non-hydrogen) atoms. The van der Waals surface area contributed by atoms with Crippen LogP contribution in [-0.4, -0.2) is 33.2 Å².